The molecule has 1 N–H and O–H groups in total. The summed E-state index contributed by atoms with van der Waals surface area (Å²) < 4.78 is 16.2. The Kier molecular flexibility index (Phi) is 10.0. The summed E-state index contributed by atoms with van der Waals surface area (Å²) in [6.45, 7) is 11.4. The number of carbonyl (C=O) groups excluding carboxylic acids is 3. The molecule has 1 aliphatic rings. The molecule has 0 aliphatic carbocycles. The predicted molar refractivity (Wildman–Crippen MR) is 139 cm³/mol. The van der Waals surface area contributed by atoms with Crippen molar-refractivity contribution in [3.63, 3.8) is 0 Å². The van der Waals surface area contributed by atoms with E-state index in [4.69, 9.17) is 14.2 Å². The summed E-state index contributed by atoms with van der Waals surface area (Å²) >= 11 is 0. The average molecular weight is 499 g/mol. The SMILES string of the molecule is CCOC(=O)C1=C(C)NC(CN(C)C)=C(C(=O)OCC)C1c1ccccc1/C=C/C(=O)OC(C)(C)C. The van der Waals surface area contributed by atoms with E-state index >= 15 is 0 Å². The van der Waals surface area contributed by atoms with Gasteiger partial charge >= 0.3 is 17.9 Å². The van der Waals surface area contributed by atoms with Gasteiger partial charge in [0.25, 0.3) is 0 Å². The second-order valence-electron chi connectivity index (χ2n) is 9.66. The van der Waals surface area contributed by atoms with E-state index in [1.54, 1.807) is 47.6 Å². The Morgan fingerprint density at radius 3 is 2.14 bits per heavy atom. The van der Waals surface area contributed by atoms with Crippen molar-refractivity contribution in [2.75, 3.05) is 33.9 Å². The molecule has 0 radical (unpaired) electrons. The Morgan fingerprint density at radius 1 is 1.00 bits per heavy atom. The zero-order valence-electron chi connectivity index (χ0n) is 22.6. The largest absolute Gasteiger partial charge is 0.463 e. The molecule has 1 atom stereocenters. The molecule has 1 aliphatic heterocycles. The van der Waals surface area contributed by atoms with Crippen LogP contribution in [0.1, 0.15) is 58.6 Å². The van der Waals surface area contributed by atoms with Crippen LogP contribution < -0.4 is 5.32 Å². The lowest BCUT2D eigenvalue weighted by atomic mass is 9.78. The molecule has 8 heteroatoms. The minimum absolute atomic E-state index is 0.182. The van der Waals surface area contributed by atoms with Crippen molar-refractivity contribution in [3.05, 3.63) is 64.0 Å². The Labute approximate surface area is 214 Å². The third kappa shape index (κ3) is 7.55. The summed E-state index contributed by atoms with van der Waals surface area (Å²) in [4.78, 5) is 40.8. The fraction of sp³-hybridized carbons (Fsp3) is 0.464. The third-order valence-electron chi connectivity index (χ3n) is 5.22. The first-order valence-electron chi connectivity index (χ1n) is 12.1. The molecule has 1 aromatic rings. The number of nitrogens with zero attached hydrogens (tertiary/aromatic N) is 1. The van der Waals surface area contributed by atoms with Crippen LogP contribution >= 0.6 is 0 Å². The van der Waals surface area contributed by atoms with Gasteiger partial charge in [0.05, 0.1) is 30.3 Å². The maximum atomic E-state index is 13.3. The Balaban J connectivity index is 2.75. The molecule has 1 unspecified atom stereocenters. The zero-order valence-corrected chi connectivity index (χ0v) is 22.6. The topological polar surface area (TPSA) is 94.2 Å². The molecule has 2 rings (SSSR count). The highest BCUT2D eigenvalue weighted by atomic mass is 16.6. The van der Waals surface area contributed by atoms with E-state index in [9.17, 15) is 14.4 Å². The summed E-state index contributed by atoms with van der Waals surface area (Å²) in [5.41, 5.74) is 2.58. The van der Waals surface area contributed by atoms with Gasteiger partial charge in [-0.1, -0.05) is 24.3 Å². The molecule has 0 amide bonds. The molecule has 0 aromatic heterocycles. The molecule has 0 saturated heterocycles. The number of esters is 3. The van der Waals surface area contributed by atoms with E-state index in [2.05, 4.69) is 5.32 Å². The maximum absolute atomic E-state index is 13.3. The highest BCUT2D eigenvalue weighted by Gasteiger charge is 2.39. The van der Waals surface area contributed by atoms with E-state index in [1.807, 2.05) is 43.3 Å². The number of dihydropyridines is 1. The van der Waals surface area contributed by atoms with Crippen LogP contribution in [0.5, 0.6) is 0 Å². The molecule has 0 fully saturated rings. The summed E-state index contributed by atoms with van der Waals surface area (Å²) in [5, 5.41) is 3.25. The van der Waals surface area contributed by atoms with Gasteiger partial charge < -0.3 is 24.4 Å². The monoisotopic (exact) mass is 498 g/mol. The van der Waals surface area contributed by atoms with Crippen LogP contribution in [0.4, 0.5) is 0 Å². The predicted octanol–water partition coefficient (Wildman–Crippen LogP) is 3.94. The highest BCUT2D eigenvalue weighted by molar-refractivity contribution is 6.00. The second kappa shape index (κ2) is 12.5. The van der Waals surface area contributed by atoms with Crippen molar-refractivity contribution in [1.82, 2.24) is 10.2 Å². The molecule has 1 heterocycles. The molecule has 1 aromatic carbocycles. The lowest BCUT2D eigenvalue weighted by Gasteiger charge is -2.33. The number of nitrogens with one attached hydrogen (secondary N) is 1. The Hall–Kier alpha value is -3.39. The summed E-state index contributed by atoms with van der Waals surface area (Å²) in [7, 11) is 3.79. The van der Waals surface area contributed by atoms with Crippen LogP contribution in [0.25, 0.3) is 6.08 Å². The van der Waals surface area contributed by atoms with Gasteiger partial charge in [0.1, 0.15) is 5.60 Å². The van der Waals surface area contributed by atoms with E-state index in [1.165, 1.54) is 6.08 Å². The lowest BCUT2D eigenvalue weighted by Crippen LogP contribution is -2.37. The number of likely N-dealkylation sites (N-methyl/N-ethyl adjacent to an activating group) is 1. The molecule has 36 heavy (non-hydrogen) atoms. The van der Waals surface area contributed by atoms with E-state index < -0.39 is 29.4 Å². The van der Waals surface area contributed by atoms with Crippen LogP contribution in [0.2, 0.25) is 0 Å². The van der Waals surface area contributed by atoms with Crippen molar-refractivity contribution >= 4 is 24.0 Å². The van der Waals surface area contributed by atoms with E-state index in [0.29, 0.717) is 40.2 Å². The standard InChI is InChI=1S/C28H38N2O6/c1-9-34-26(32)23-18(3)29-21(17-30(7)8)25(27(33)35-10-2)24(23)20-14-12-11-13-19(20)15-16-22(31)36-28(4,5)6/h11-16,24,29H,9-10,17H2,1-8H3/b16-15+. The quantitative estimate of drug-likeness (QED) is 0.311. The Bertz CT molecular complexity index is 1080. The van der Waals surface area contributed by atoms with Gasteiger partial charge in [0, 0.05) is 24.0 Å². The first-order valence-corrected chi connectivity index (χ1v) is 12.1. The number of ether oxygens (including phenoxy) is 3. The van der Waals surface area contributed by atoms with Gasteiger partial charge in [0.15, 0.2) is 0 Å². The Morgan fingerprint density at radius 2 is 1.58 bits per heavy atom. The minimum atomic E-state index is -0.765. The van der Waals surface area contributed by atoms with Crippen molar-refractivity contribution in [1.29, 1.82) is 0 Å². The fourth-order valence-corrected chi connectivity index (χ4v) is 4.00. The maximum Gasteiger partial charge on any atom is 0.336 e. The van der Waals surface area contributed by atoms with Crippen LogP contribution in [-0.2, 0) is 28.6 Å². The average Bonchev–Trinajstić information content (AvgIpc) is 2.76. The normalized spacial score (nSPS) is 16.3. The summed E-state index contributed by atoms with van der Waals surface area (Å²) in [5.74, 6) is -2.30. The van der Waals surface area contributed by atoms with Crippen LogP contribution in [-0.4, -0.2) is 62.3 Å². The first-order chi connectivity index (χ1) is 16.9. The van der Waals surface area contributed by atoms with Crippen molar-refractivity contribution in [2.45, 2.75) is 53.1 Å². The number of carbonyl (C=O) groups is 3. The van der Waals surface area contributed by atoms with E-state index in [0.717, 1.165) is 0 Å². The molecular weight excluding hydrogens is 460 g/mol. The van der Waals surface area contributed by atoms with E-state index in [-0.39, 0.29) is 13.2 Å². The van der Waals surface area contributed by atoms with Crippen molar-refractivity contribution in [2.24, 2.45) is 0 Å². The summed E-state index contributed by atoms with van der Waals surface area (Å²) in [6, 6.07) is 7.32. The molecule has 0 spiro atoms. The van der Waals surface area contributed by atoms with Crippen LogP contribution in [0.3, 0.4) is 0 Å². The van der Waals surface area contributed by atoms with Gasteiger partial charge in [0.2, 0.25) is 0 Å². The molecule has 8 nitrogen and oxygen atoms in total. The van der Waals surface area contributed by atoms with Gasteiger partial charge in [-0.2, -0.15) is 0 Å². The third-order valence-corrected chi connectivity index (χ3v) is 5.22. The van der Waals surface area contributed by atoms with Crippen molar-refractivity contribution < 1.29 is 28.6 Å². The number of hydrogen-bond acceptors (Lipinski definition) is 8. The van der Waals surface area contributed by atoms with Gasteiger partial charge in [-0.3, -0.25) is 0 Å². The van der Waals surface area contributed by atoms with Gasteiger partial charge in [-0.15, -0.1) is 0 Å². The summed E-state index contributed by atoms with van der Waals surface area (Å²) in [6.07, 6.45) is 2.98. The fourth-order valence-electron chi connectivity index (χ4n) is 4.00. The van der Waals surface area contributed by atoms with Gasteiger partial charge in [-0.05, 0) is 72.8 Å². The van der Waals surface area contributed by atoms with Crippen LogP contribution in [0, 0.1) is 0 Å². The van der Waals surface area contributed by atoms with Crippen LogP contribution in [0.15, 0.2) is 52.9 Å². The highest BCUT2D eigenvalue weighted by Crippen LogP contribution is 2.41. The number of allylic oxidation sites excluding steroid dienone is 1. The molecule has 0 bridgehead atoms. The molecular formula is C28H38N2O6. The lowest BCUT2D eigenvalue weighted by molar-refractivity contribution is -0.148. The first kappa shape index (κ1) is 28.8. The second-order valence-corrected chi connectivity index (χ2v) is 9.66. The number of hydrogen-bond donors (Lipinski definition) is 1. The van der Waals surface area contributed by atoms with Crippen molar-refractivity contribution in [3.8, 4) is 0 Å². The zero-order chi connectivity index (χ0) is 27.0. The number of rotatable bonds is 9. The number of benzene rings is 1. The minimum Gasteiger partial charge on any atom is -0.463 e. The molecule has 196 valence electrons. The van der Waals surface area contributed by atoms with Gasteiger partial charge in [-0.25, -0.2) is 14.4 Å². The molecule has 0 saturated carbocycles. The smallest absolute Gasteiger partial charge is 0.336 e.